The Balaban J connectivity index is 1.26. The quantitative estimate of drug-likeness (QED) is 0.383. The van der Waals surface area contributed by atoms with Gasteiger partial charge in [0.1, 0.15) is 10.8 Å². The molecule has 0 unspecified atom stereocenters. The molecule has 0 saturated carbocycles. The summed E-state index contributed by atoms with van der Waals surface area (Å²) in [7, 11) is 0. The summed E-state index contributed by atoms with van der Waals surface area (Å²) in [6.45, 7) is 6.18. The Morgan fingerprint density at radius 2 is 1.97 bits per heavy atom. The van der Waals surface area contributed by atoms with Gasteiger partial charge in [0.25, 0.3) is 0 Å². The van der Waals surface area contributed by atoms with Gasteiger partial charge in [-0.05, 0) is 75.3 Å². The topological polar surface area (TPSA) is 111 Å². The molecule has 2 saturated heterocycles. The van der Waals surface area contributed by atoms with E-state index in [0.717, 1.165) is 49.0 Å². The Morgan fingerprint density at radius 1 is 1.17 bits per heavy atom. The van der Waals surface area contributed by atoms with Crippen molar-refractivity contribution in [2.75, 3.05) is 30.3 Å². The Kier molecular flexibility index (Phi) is 7.06. The second-order valence-corrected chi connectivity index (χ2v) is 9.92. The van der Waals surface area contributed by atoms with E-state index in [1.165, 1.54) is 6.20 Å². The highest BCUT2D eigenvalue weighted by Crippen LogP contribution is 2.34. The summed E-state index contributed by atoms with van der Waals surface area (Å²) in [6, 6.07) is 5.16. The number of hydrogen-bond acceptors (Lipinski definition) is 7. The van der Waals surface area contributed by atoms with Gasteiger partial charge in [-0.15, -0.1) is 0 Å². The molecular weight excluding hydrogens is 483 g/mol. The monoisotopic (exact) mass is 512 g/mol. The third kappa shape index (κ3) is 5.29. The molecule has 0 bridgehead atoms. The predicted octanol–water partition coefficient (Wildman–Crippen LogP) is 4.55. The summed E-state index contributed by atoms with van der Waals surface area (Å²) in [5.74, 6) is 1.19. The summed E-state index contributed by atoms with van der Waals surface area (Å²) in [6.07, 6.45) is 5.07. The van der Waals surface area contributed by atoms with Gasteiger partial charge in [0, 0.05) is 24.8 Å². The van der Waals surface area contributed by atoms with Crippen LogP contribution in [-0.4, -0.2) is 56.6 Å². The molecule has 1 atom stereocenters. The van der Waals surface area contributed by atoms with Crippen LogP contribution in [0, 0.1) is 19.7 Å². The van der Waals surface area contributed by atoms with Crippen molar-refractivity contribution in [2.45, 2.75) is 51.5 Å². The Labute approximate surface area is 214 Å². The summed E-state index contributed by atoms with van der Waals surface area (Å²) in [4.78, 5) is 23.2. The fourth-order valence-electron chi connectivity index (χ4n) is 5.00. The highest BCUT2D eigenvalue weighted by atomic mass is 35.5. The molecule has 0 radical (unpaired) electrons. The minimum Gasteiger partial charge on any atom is -0.341 e. The smallest absolute Gasteiger partial charge is 0.239 e. The maximum atomic E-state index is 15.2. The number of anilines is 4. The lowest BCUT2D eigenvalue weighted by atomic mass is 9.86. The number of amides is 1. The van der Waals surface area contributed by atoms with Crippen molar-refractivity contribution in [3.63, 3.8) is 0 Å². The number of nitrogens with zero attached hydrogens (tertiary/aromatic N) is 4. The first kappa shape index (κ1) is 24.5. The van der Waals surface area contributed by atoms with Gasteiger partial charge in [-0.3, -0.25) is 9.89 Å². The van der Waals surface area contributed by atoms with Gasteiger partial charge in [0.2, 0.25) is 11.9 Å². The van der Waals surface area contributed by atoms with Crippen molar-refractivity contribution in [3.05, 3.63) is 52.1 Å². The molecule has 9 nitrogen and oxygen atoms in total. The van der Waals surface area contributed by atoms with E-state index in [0.29, 0.717) is 35.4 Å². The van der Waals surface area contributed by atoms with Crippen LogP contribution in [0.25, 0.3) is 0 Å². The van der Waals surface area contributed by atoms with Gasteiger partial charge in [0.05, 0.1) is 17.9 Å². The van der Waals surface area contributed by atoms with E-state index in [1.54, 1.807) is 12.1 Å². The lowest BCUT2D eigenvalue weighted by Crippen LogP contribution is -2.46. The number of halogens is 2. The van der Waals surface area contributed by atoms with Crippen LogP contribution in [-0.2, 0) is 4.79 Å². The largest absolute Gasteiger partial charge is 0.341 e. The number of piperidine rings is 1. The maximum absolute atomic E-state index is 15.2. The molecule has 2 fully saturated rings. The number of aryl methyl sites for hydroxylation is 2. The highest BCUT2D eigenvalue weighted by molar-refractivity contribution is 6.32. The van der Waals surface area contributed by atoms with E-state index in [2.05, 4.69) is 36.1 Å². The molecule has 4 N–H and O–H groups in total. The molecule has 4 heterocycles. The minimum absolute atomic E-state index is 0.0414. The van der Waals surface area contributed by atoms with Crippen molar-refractivity contribution >= 4 is 40.8 Å². The van der Waals surface area contributed by atoms with E-state index < -0.39 is 0 Å². The summed E-state index contributed by atoms with van der Waals surface area (Å²) in [5.41, 5.74) is 3.15. The lowest BCUT2D eigenvalue weighted by molar-refractivity contribution is -0.134. The second-order valence-electron chi connectivity index (χ2n) is 9.51. The van der Waals surface area contributed by atoms with Gasteiger partial charge in [-0.25, -0.2) is 9.37 Å². The molecule has 3 aromatic rings. The molecule has 36 heavy (non-hydrogen) atoms. The average Bonchev–Trinajstić information content (AvgIpc) is 3.55. The highest BCUT2D eigenvalue weighted by Gasteiger charge is 2.31. The molecule has 2 aromatic heterocycles. The van der Waals surface area contributed by atoms with E-state index in [9.17, 15) is 4.79 Å². The molecule has 0 aliphatic carbocycles. The zero-order valence-electron chi connectivity index (χ0n) is 20.4. The molecule has 190 valence electrons. The zero-order chi connectivity index (χ0) is 25.2. The number of aromatic amines is 1. The SMILES string of the molecule is Cc1cc(Nc2nc(Nc3cc(C)c(C4CCN(C(=O)[C@@H]5CCCN5)CC4)cc3F)ncc2Cl)n[nH]1. The van der Waals surface area contributed by atoms with Crippen LogP contribution < -0.4 is 16.0 Å². The summed E-state index contributed by atoms with van der Waals surface area (Å²) < 4.78 is 15.2. The van der Waals surface area contributed by atoms with Gasteiger partial charge >= 0.3 is 0 Å². The standard InChI is InChI=1S/C25H30ClFN8O/c1-14-10-21(30-25-29-13-18(26)23(32-25)31-22-11-15(2)33-34-22)19(27)12-17(14)16-5-8-35(9-6-16)24(36)20-4-3-7-28-20/h10-13,16,20,28H,3-9H2,1-2H3,(H3,29,30,31,32,33,34)/t20-/m0/s1. The maximum Gasteiger partial charge on any atom is 0.239 e. The van der Waals surface area contributed by atoms with Crippen molar-refractivity contribution in [1.29, 1.82) is 0 Å². The van der Waals surface area contributed by atoms with Crippen molar-refractivity contribution in [1.82, 2.24) is 30.4 Å². The number of H-pyrrole nitrogens is 1. The number of aromatic nitrogens is 4. The molecule has 11 heteroatoms. The van der Waals surface area contributed by atoms with Crippen LogP contribution in [0.1, 0.15) is 48.4 Å². The van der Waals surface area contributed by atoms with Crippen LogP contribution in [0.15, 0.2) is 24.4 Å². The van der Waals surface area contributed by atoms with Crippen LogP contribution in [0.5, 0.6) is 0 Å². The molecule has 2 aliphatic rings. The van der Waals surface area contributed by atoms with Crippen molar-refractivity contribution in [3.8, 4) is 0 Å². The van der Waals surface area contributed by atoms with Crippen LogP contribution in [0.3, 0.4) is 0 Å². The Bertz CT molecular complexity index is 1250. The van der Waals surface area contributed by atoms with Gasteiger partial charge in [-0.1, -0.05) is 11.6 Å². The molecule has 1 amide bonds. The number of likely N-dealkylation sites (tertiary alicyclic amines) is 1. The molecule has 5 rings (SSSR count). The third-order valence-corrected chi connectivity index (χ3v) is 7.18. The predicted molar refractivity (Wildman–Crippen MR) is 138 cm³/mol. The van der Waals surface area contributed by atoms with Gasteiger partial charge < -0.3 is 20.9 Å². The second kappa shape index (κ2) is 10.4. The number of carbonyl (C=O) groups excluding carboxylic acids is 1. The molecule has 2 aliphatic heterocycles. The number of rotatable bonds is 6. The van der Waals surface area contributed by atoms with E-state index in [4.69, 9.17) is 11.6 Å². The summed E-state index contributed by atoms with van der Waals surface area (Å²) in [5, 5.41) is 16.6. The first-order valence-electron chi connectivity index (χ1n) is 12.3. The zero-order valence-corrected chi connectivity index (χ0v) is 21.1. The fraction of sp³-hybridized carbons (Fsp3) is 0.440. The number of benzene rings is 1. The Hall–Kier alpha value is -3.24. The van der Waals surface area contributed by atoms with E-state index in [-0.39, 0.29) is 29.6 Å². The first-order chi connectivity index (χ1) is 17.4. The fourth-order valence-corrected chi connectivity index (χ4v) is 5.14. The van der Waals surface area contributed by atoms with Crippen LogP contribution in [0.2, 0.25) is 5.02 Å². The van der Waals surface area contributed by atoms with Crippen molar-refractivity contribution < 1.29 is 9.18 Å². The number of carbonyl (C=O) groups is 1. The molecular formula is C25H30ClFN8O. The lowest BCUT2D eigenvalue weighted by Gasteiger charge is -2.34. The minimum atomic E-state index is -0.375. The first-order valence-corrected chi connectivity index (χ1v) is 12.7. The normalized spacial score (nSPS) is 18.4. The van der Waals surface area contributed by atoms with Gasteiger partial charge in [0.15, 0.2) is 11.6 Å². The van der Waals surface area contributed by atoms with Crippen molar-refractivity contribution in [2.24, 2.45) is 0 Å². The molecule has 1 aromatic carbocycles. The molecule has 0 spiro atoms. The number of hydrogen-bond donors (Lipinski definition) is 4. The van der Waals surface area contributed by atoms with E-state index >= 15 is 4.39 Å². The Morgan fingerprint density at radius 3 is 2.67 bits per heavy atom. The summed E-state index contributed by atoms with van der Waals surface area (Å²) >= 11 is 6.23. The third-order valence-electron chi connectivity index (χ3n) is 6.90. The van der Waals surface area contributed by atoms with Crippen LogP contribution in [0.4, 0.5) is 27.7 Å². The van der Waals surface area contributed by atoms with Crippen LogP contribution >= 0.6 is 11.6 Å². The number of nitrogens with one attached hydrogen (secondary N) is 4. The van der Waals surface area contributed by atoms with E-state index in [1.807, 2.05) is 24.8 Å². The van der Waals surface area contributed by atoms with Gasteiger partial charge in [-0.2, -0.15) is 10.1 Å². The average molecular weight is 513 g/mol.